The number of rotatable bonds is 0. The van der Waals surface area contributed by atoms with Gasteiger partial charge < -0.3 is 0 Å². The molecule has 1 nitrogen and oxygen atoms in total. The zero-order valence-electron chi connectivity index (χ0n) is 10.9. The van der Waals surface area contributed by atoms with Crippen molar-refractivity contribution in [1.29, 1.82) is 0 Å². The third-order valence-corrected chi connectivity index (χ3v) is 3.63. The first kappa shape index (κ1) is 13.2. The van der Waals surface area contributed by atoms with Crippen LogP contribution in [0.15, 0.2) is 22.8 Å². The minimum atomic E-state index is 0.339. The molecule has 1 heteroatoms. The zero-order chi connectivity index (χ0) is 12.0. The van der Waals surface area contributed by atoms with Crippen molar-refractivity contribution >= 4 is 5.78 Å². The molecule has 0 N–H and O–H groups in total. The lowest BCUT2D eigenvalue weighted by molar-refractivity contribution is -0.115. The Labute approximate surface area is 99.6 Å². The van der Waals surface area contributed by atoms with Crippen LogP contribution in [0.25, 0.3) is 0 Å². The second-order valence-corrected chi connectivity index (χ2v) is 4.87. The Balaban J connectivity index is 2.83. The third-order valence-electron chi connectivity index (χ3n) is 3.63. The maximum Gasteiger partial charge on any atom is 0.158 e. The largest absolute Gasteiger partial charge is 0.295 e. The van der Waals surface area contributed by atoms with E-state index in [0.717, 1.165) is 24.8 Å². The van der Waals surface area contributed by atoms with Gasteiger partial charge in [-0.2, -0.15) is 0 Å². The summed E-state index contributed by atoms with van der Waals surface area (Å²) in [6.07, 6.45) is 10.3. The number of allylic oxidation sites excluding steroid dienone is 4. The van der Waals surface area contributed by atoms with E-state index in [1.54, 1.807) is 0 Å². The van der Waals surface area contributed by atoms with Gasteiger partial charge in [0.05, 0.1) is 0 Å². The molecule has 1 aliphatic rings. The Morgan fingerprint density at radius 1 is 0.875 bits per heavy atom. The van der Waals surface area contributed by atoms with Gasteiger partial charge in [-0.05, 0) is 51.2 Å². The van der Waals surface area contributed by atoms with Crippen molar-refractivity contribution in [3.05, 3.63) is 22.8 Å². The summed E-state index contributed by atoms with van der Waals surface area (Å²) in [6.45, 7) is 6.17. The van der Waals surface area contributed by atoms with E-state index in [1.165, 1.54) is 36.8 Å². The summed E-state index contributed by atoms with van der Waals surface area (Å²) in [5.74, 6) is 0.339. The van der Waals surface area contributed by atoms with Crippen molar-refractivity contribution in [2.24, 2.45) is 0 Å². The predicted molar refractivity (Wildman–Crippen MR) is 69.5 cm³/mol. The van der Waals surface area contributed by atoms with E-state index >= 15 is 0 Å². The lowest BCUT2D eigenvalue weighted by Crippen LogP contribution is -2.03. The minimum Gasteiger partial charge on any atom is -0.295 e. The topological polar surface area (TPSA) is 17.1 Å². The second kappa shape index (κ2) is 6.67. The number of Topliss-reactive ketones (excluding diaryl/α,β-unsaturated/α-hetero) is 1. The molecule has 0 fully saturated rings. The van der Waals surface area contributed by atoms with E-state index in [0.29, 0.717) is 5.78 Å². The number of carbonyl (C=O) groups is 1. The van der Waals surface area contributed by atoms with Crippen LogP contribution < -0.4 is 0 Å². The first-order valence-corrected chi connectivity index (χ1v) is 6.50. The second-order valence-electron chi connectivity index (χ2n) is 4.87. The molecule has 0 aliphatic heterocycles. The Bertz CT molecular complexity index is 307. The number of ketones is 1. The highest BCUT2D eigenvalue weighted by atomic mass is 16.1. The normalized spacial score (nSPS) is 28.9. The average Bonchev–Trinajstić information content (AvgIpc) is 2.28. The van der Waals surface area contributed by atoms with Gasteiger partial charge in [-0.15, -0.1) is 0 Å². The maximum absolute atomic E-state index is 11.9. The molecule has 0 heterocycles. The molecule has 0 unspecified atom stereocenters. The van der Waals surface area contributed by atoms with Gasteiger partial charge in [0.15, 0.2) is 5.78 Å². The standard InChI is InChI=1S/C15H24O/c1-12-10-8-6-4-5-7-9-11-15(16)14(3)13(12)2/h10H,4-9,11H2,1-3H3/b12-10+,14-13-. The van der Waals surface area contributed by atoms with Gasteiger partial charge in [-0.3, -0.25) is 4.79 Å². The van der Waals surface area contributed by atoms with Crippen LogP contribution in [-0.4, -0.2) is 5.78 Å². The summed E-state index contributed by atoms with van der Waals surface area (Å²) in [7, 11) is 0. The van der Waals surface area contributed by atoms with Crippen LogP contribution in [0.5, 0.6) is 0 Å². The van der Waals surface area contributed by atoms with Gasteiger partial charge in [-0.1, -0.05) is 30.9 Å². The van der Waals surface area contributed by atoms with Crippen molar-refractivity contribution in [1.82, 2.24) is 0 Å². The maximum atomic E-state index is 11.9. The van der Waals surface area contributed by atoms with Crippen LogP contribution in [0.4, 0.5) is 0 Å². The monoisotopic (exact) mass is 220 g/mol. The van der Waals surface area contributed by atoms with Gasteiger partial charge >= 0.3 is 0 Å². The van der Waals surface area contributed by atoms with Gasteiger partial charge in [-0.25, -0.2) is 0 Å². The van der Waals surface area contributed by atoms with Crippen LogP contribution in [0, 0.1) is 0 Å². The molecule has 0 amide bonds. The molecule has 90 valence electrons. The number of hydrogen-bond donors (Lipinski definition) is 0. The van der Waals surface area contributed by atoms with E-state index in [4.69, 9.17) is 0 Å². The minimum absolute atomic E-state index is 0.339. The average molecular weight is 220 g/mol. The summed E-state index contributed by atoms with van der Waals surface area (Å²) < 4.78 is 0. The van der Waals surface area contributed by atoms with Crippen molar-refractivity contribution < 1.29 is 4.79 Å². The van der Waals surface area contributed by atoms with Crippen molar-refractivity contribution in [3.8, 4) is 0 Å². The van der Waals surface area contributed by atoms with Crippen LogP contribution in [0.2, 0.25) is 0 Å². The van der Waals surface area contributed by atoms with E-state index in [-0.39, 0.29) is 0 Å². The molecule has 0 aromatic carbocycles. The molecular formula is C15H24O. The Kier molecular flexibility index (Phi) is 5.51. The fourth-order valence-electron chi connectivity index (χ4n) is 2.12. The van der Waals surface area contributed by atoms with Gasteiger partial charge in [0.25, 0.3) is 0 Å². The summed E-state index contributed by atoms with van der Waals surface area (Å²) in [5.41, 5.74) is 3.44. The third kappa shape index (κ3) is 3.96. The van der Waals surface area contributed by atoms with Crippen LogP contribution in [0.3, 0.4) is 0 Å². The molecule has 0 atom stereocenters. The van der Waals surface area contributed by atoms with E-state index in [2.05, 4.69) is 19.9 Å². The quantitative estimate of drug-likeness (QED) is 0.584. The highest BCUT2D eigenvalue weighted by Crippen LogP contribution is 2.19. The predicted octanol–water partition coefficient (Wildman–Crippen LogP) is 4.58. The molecule has 0 spiro atoms. The Hall–Kier alpha value is -0.850. The van der Waals surface area contributed by atoms with Crippen LogP contribution in [0.1, 0.15) is 65.7 Å². The number of hydrogen-bond acceptors (Lipinski definition) is 1. The van der Waals surface area contributed by atoms with E-state index in [1.807, 2.05) is 6.92 Å². The lowest BCUT2D eigenvalue weighted by atomic mass is 9.95. The van der Waals surface area contributed by atoms with Crippen LogP contribution >= 0.6 is 0 Å². The zero-order valence-corrected chi connectivity index (χ0v) is 10.9. The highest BCUT2D eigenvalue weighted by molar-refractivity contribution is 5.96. The van der Waals surface area contributed by atoms with Gasteiger partial charge in [0, 0.05) is 6.42 Å². The molecule has 1 rings (SSSR count). The van der Waals surface area contributed by atoms with Crippen molar-refractivity contribution in [2.45, 2.75) is 65.7 Å². The Morgan fingerprint density at radius 3 is 2.25 bits per heavy atom. The molecule has 0 saturated heterocycles. The molecule has 16 heavy (non-hydrogen) atoms. The summed E-state index contributed by atoms with van der Waals surface area (Å²) >= 11 is 0. The lowest BCUT2D eigenvalue weighted by Gasteiger charge is -2.09. The fourth-order valence-corrected chi connectivity index (χ4v) is 2.12. The first-order chi connectivity index (χ1) is 7.63. The molecule has 0 bridgehead atoms. The van der Waals surface area contributed by atoms with Crippen molar-refractivity contribution in [2.75, 3.05) is 0 Å². The molecular weight excluding hydrogens is 196 g/mol. The smallest absolute Gasteiger partial charge is 0.158 e. The van der Waals surface area contributed by atoms with E-state index in [9.17, 15) is 4.79 Å². The highest BCUT2D eigenvalue weighted by Gasteiger charge is 2.09. The van der Waals surface area contributed by atoms with Gasteiger partial charge in [0.1, 0.15) is 0 Å². The Morgan fingerprint density at radius 2 is 1.50 bits per heavy atom. The van der Waals surface area contributed by atoms with Gasteiger partial charge in [0.2, 0.25) is 0 Å². The summed E-state index contributed by atoms with van der Waals surface area (Å²) in [5, 5.41) is 0. The first-order valence-electron chi connectivity index (χ1n) is 6.50. The molecule has 0 saturated carbocycles. The molecule has 0 aromatic rings. The fraction of sp³-hybridized carbons (Fsp3) is 0.667. The van der Waals surface area contributed by atoms with Crippen LogP contribution in [-0.2, 0) is 4.79 Å². The summed E-state index contributed by atoms with van der Waals surface area (Å²) in [4.78, 5) is 11.9. The molecule has 0 radical (unpaired) electrons. The molecule has 0 aromatic heterocycles. The van der Waals surface area contributed by atoms with E-state index < -0.39 is 0 Å². The SMILES string of the molecule is C/C1=C(C)/C(C)=C/CCCCCCCC1=O. The molecule has 1 aliphatic carbocycles. The number of carbonyl (C=O) groups excluding carboxylic acids is 1. The summed E-state index contributed by atoms with van der Waals surface area (Å²) in [6, 6.07) is 0. The van der Waals surface area contributed by atoms with Crippen molar-refractivity contribution in [3.63, 3.8) is 0 Å².